The van der Waals surface area contributed by atoms with E-state index >= 15 is 0 Å². The molecule has 5 nitrogen and oxygen atoms in total. The minimum atomic E-state index is -0.209. The maximum absolute atomic E-state index is 12.3. The SMILES string of the molecule is CN(CCCNC(=O)Nc1ccccc1COc1ccccc1)c1ccccc1. The lowest BCUT2D eigenvalue weighted by molar-refractivity contribution is 0.252. The number of para-hydroxylation sites is 3. The van der Waals surface area contributed by atoms with Crippen LogP contribution in [-0.4, -0.2) is 26.2 Å². The molecule has 150 valence electrons. The first-order valence-electron chi connectivity index (χ1n) is 9.79. The number of rotatable bonds is 9. The second-order valence-corrected chi connectivity index (χ2v) is 6.75. The molecule has 0 fully saturated rings. The number of benzene rings is 3. The minimum Gasteiger partial charge on any atom is -0.489 e. The summed E-state index contributed by atoms with van der Waals surface area (Å²) in [7, 11) is 2.05. The van der Waals surface area contributed by atoms with Crippen molar-refractivity contribution in [2.75, 3.05) is 30.4 Å². The summed E-state index contributed by atoms with van der Waals surface area (Å²) in [6.45, 7) is 1.86. The third-order valence-electron chi connectivity index (χ3n) is 4.56. The topological polar surface area (TPSA) is 53.6 Å². The van der Waals surface area contributed by atoms with Crippen molar-refractivity contribution < 1.29 is 9.53 Å². The van der Waals surface area contributed by atoms with Gasteiger partial charge in [-0.05, 0) is 36.8 Å². The van der Waals surface area contributed by atoms with Crippen LogP contribution in [0.2, 0.25) is 0 Å². The summed E-state index contributed by atoms with van der Waals surface area (Å²) in [5.41, 5.74) is 2.85. The molecule has 0 saturated carbocycles. The summed E-state index contributed by atoms with van der Waals surface area (Å²) in [5, 5.41) is 5.84. The molecule has 0 heterocycles. The van der Waals surface area contributed by atoms with E-state index in [1.54, 1.807) is 0 Å². The van der Waals surface area contributed by atoms with Gasteiger partial charge in [-0.25, -0.2) is 4.79 Å². The predicted molar refractivity (Wildman–Crippen MR) is 119 cm³/mol. The molecule has 3 aromatic carbocycles. The van der Waals surface area contributed by atoms with Gasteiger partial charge in [0.25, 0.3) is 0 Å². The molecule has 2 N–H and O–H groups in total. The summed E-state index contributed by atoms with van der Waals surface area (Å²) in [6, 6.07) is 27.3. The molecule has 5 heteroatoms. The van der Waals surface area contributed by atoms with Crippen molar-refractivity contribution in [1.82, 2.24) is 5.32 Å². The fourth-order valence-corrected chi connectivity index (χ4v) is 2.94. The predicted octanol–water partition coefficient (Wildman–Crippen LogP) is 4.91. The third-order valence-corrected chi connectivity index (χ3v) is 4.56. The maximum Gasteiger partial charge on any atom is 0.319 e. The number of urea groups is 1. The van der Waals surface area contributed by atoms with Gasteiger partial charge in [-0.3, -0.25) is 0 Å². The second-order valence-electron chi connectivity index (χ2n) is 6.75. The zero-order chi connectivity index (χ0) is 20.3. The molecule has 0 saturated heterocycles. The van der Waals surface area contributed by atoms with Crippen molar-refractivity contribution in [3.05, 3.63) is 90.5 Å². The Hall–Kier alpha value is -3.47. The van der Waals surface area contributed by atoms with Crippen LogP contribution in [-0.2, 0) is 6.61 Å². The van der Waals surface area contributed by atoms with E-state index in [2.05, 4.69) is 34.7 Å². The Bertz CT molecular complexity index is 885. The molecule has 0 atom stereocenters. The van der Waals surface area contributed by atoms with Crippen LogP contribution >= 0.6 is 0 Å². The molecule has 3 rings (SSSR count). The summed E-state index contributed by atoms with van der Waals surface area (Å²) in [5.74, 6) is 0.800. The van der Waals surface area contributed by atoms with E-state index in [0.29, 0.717) is 13.2 Å². The molecular formula is C24H27N3O2. The fourth-order valence-electron chi connectivity index (χ4n) is 2.94. The normalized spacial score (nSPS) is 10.2. The Balaban J connectivity index is 1.43. The first-order valence-corrected chi connectivity index (χ1v) is 9.79. The van der Waals surface area contributed by atoms with Crippen LogP contribution in [0.1, 0.15) is 12.0 Å². The Labute approximate surface area is 172 Å². The smallest absolute Gasteiger partial charge is 0.319 e. The van der Waals surface area contributed by atoms with E-state index in [0.717, 1.165) is 30.0 Å². The van der Waals surface area contributed by atoms with Crippen LogP contribution in [0.3, 0.4) is 0 Å². The summed E-state index contributed by atoms with van der Waals surface area (Å²) < 4.78 is 5.80. The zero-order valence-electron chi connectivity index (χ0n) is 16.7. The van der Waals surface area contributed by atoms with Crippen molar-refractivity contribution in [3.8, 4) is 5.75 Å². The summed E-state index contributed by atoms with van der Waals surface area (Å²) in [6.07, 6.45) is 0.859. The molecule has 0 aliphatic carbocycles. The highest BCUT2D eigenvalue weighted by Gasteiger charge is 2.07. The van der Waals surface area contributed by atoms with Gasteiger partial charge in [-0.1, -0.05) is 54.6 Å². The largest absolute Gasteiger partial charge is 0.489 e. The number of hydrogen-bond donors (Lipinski definition) is 2. The van der Waals surface area contributed by atoms with E-state index in [4.69, 9.17) is 4.74 Å². The number of nitrogens with one attached hydrogen (secondary N) is 2. The van der Waals surface area contributed by atoms with E-state index in [9.17, 15) is 4.79 Å². The van der Waals surface area contributed by atoms with Crippen LogP contribution in [0.15, 0.2) is 84.9 Å². The van der Waals surface area contributed by atoms with Gasteiger partial charge in [0.15, 0.2) is 0 Å². The lowest BCUT2D eigenvalue weighted by atomic mass is 10.2. The molecule has 2 amide bonds. The number of hydrogen-bond acceptors (Lipinski definition) is 3. The zero-order valence-corrected chi connectivity index (χ0v) is 16.7. The number of nitrogens with zero attached hydrogens (tertiary/aromatic N) is 1. The quantitative estimate of drug-likeness (QED) is 0.511. The summed E-state index contributed by atoms with van der Waals surface area (Å²) in [4.78, 5) is 14.5. The second kappa shape index (κ2) is 10.8. The van der Waals surface area contributed by atoms with Gasteiger partial charge in [-0.15, -0.1) is 0 Å². The van der Waals surface area contributed by atoms with Gasteiger partial charge in [0.05, 0.1) is 0 Å². The van der Waals surface area contributed by atoms with Gasteiger partial charge in [0, 0.05) is 37.1 Å². The number of carbonyl (C=O) groups is 1. The Kier molecular flexibility index (Phi) is 7.52. The van der Waals surface area contributed by atoms with E-state index in [1.165, 1.54) is 5.69 Å². The van der Waals surface area contributed by atoms with E-state index in [-0.39, 0.29) is 6.03 Å². The third kappa shape index (κ3) is 6.57. The molecule has 0 unspecified atom stereocenters. The van der Waals surface area contributed by atoms with Gasteiger partial charge in [-0.2, -0.15) is 0 Å². The van der Waals surface area contributed by atoms with Gasteiger partial charge >= 0.3 is 6.03 Å². The number of ether oxygens (including phenoxy) is 1. The highest BCUT2D eigenvalue weighted by atomic mass is 16.5. The molecule has 0 aromatic heterocycles. The van der Waals surface area contributed by atoms with Crippen LogP contribution in [0.5, 0.6) is 5.75 Å². The van der Waals surface area contributed by atoms with E-state index < -0.39 is 0 Å². The van der Waals surface area contributed by atoms with Crippen LogP contribution in [0.25, 0.3) is 0 Å². The standard InChI is InChI=1S/C24H27N3O2/c1-27(21-12-4-2-5-13-21)18-10-17-25-24(28)26-23-16-9-8-11-20(23)19-29-22-14-6-3-7-15-22/h2-9,11-16H,10,17-19H2,1H3,(H2,25,26,28). The average molecular weight is 389 g/mol. The van der Waals surface area contributed by atoms with Gasteiger partial charge in [0.1, 0.15) is 12.4 Å². The van der Waals surface area contributed by atoms with Crippen molar-refractivity contribution >= 4 is 17.4 Å². The van der Waals surface area contributed by atoms with Crippen LogP contribution in [0, 0.1) is 0 Å². The molecule has 3 aromatic rings. The lowest BCUT2D eigenvalue weighted by Gasteiger charge is -2.19. The van der Waals surface area contributed by atoms with Crippen LogP contribution < -0.4 is 20.3 Å². The molecule has 0 radical (unpaired) electrons. The fraction of sp³-hybridized carbons (Fsp3) is 0.208. The summed E-state index contributed by atoms with van der Waals surface area (Å²) >= 11 is 0. The maximum atomic E-state index is 12.3. The highest BCUT2D eigenvalue weighted by Crippen LogP contribution is 2.18. The van der Waals surface area contributed by atoms with Crippen LogP contribution in [0.4, 0.5) is 16.2 Å². The molecular weight excluding hydrogens is 362 g/mol. The molecule has 0 bridgehead atoms. The highest BCUT2D eigenvalue weighted by molar-refractivity contribution is 5.90. The van der Waals surface area contributed by atoms with Gasteiger partial charge in [0.2, 0.25) is 0 Å². The molecule has 0 aliphatic rings. The Morgan fingerprint density at radius 2 is 1.55 bits per heavy atom. The average Bonchev–Trinajstić information content (AvgIpc) is 2.77. The first-order chi connectivity index (χ1) is 14.2. The Morgan fingerprint density at radius 3 is 2.31 bits per heavy atom. The minimum absolute atomic E-state index is 0.209. The first kappa shape index (κ1) is 20.3. The molecule has 0 aliphatic heterocycles. The van der Waals surface area contributed by atoms with Crippen molar-refractivity contribution in [2.45, 2.75) is 13.0 Å². The number of amides is 2. The van der Waals surface area contributed by atoms with E-state index in [1.807, 2.05) is 72.8 Å². The monoisotopic (exact) mass is 389 g/mol. The van der Waals surface area contributed by atoms with Crippen molar-refractivity contribution in [3.63, 3.8) is 0 Å². The Morgan fingerprint density at radius 1 is 0.897 bits per heavy atom. The van der Waals surface area contributed by atoms with Crippen molar-refractivity contribution in [2.24, 2.45) is 0 Å². The van der Waals surface area contributed by atoms with Crippen molar-refractivity contribution in [1.29, 1.82) is 0 Å². The molecule has 29 heavy (non-hydrogen) atoms. The number of carbonyl (C=O) groups excluding carboxylic acids is 1. The van der Waals surface area contributed by atoms with Gasteiger partial charge < -0.3 is 20.3 Å². The molecule has 0 spiro atoms. The lowest BCUT2D eigenvalue weighted by Crippen LogP contribution is -2.32. The number of anilines is 2.